The Kier molecular flexibility index (Phi) is 3.52. The van der Waals surface area contributed by atoms with Crippen molar-refractivity contribution in [2.24, 2.45) is 0 Å². The van der Waals surface area contributed by atoms with Crippen LogP contribution in [0.5, 0.6) is 0 Å². The third-order valence-electron chi connectivity index (χ3n) is 1.05. The summed E-state index contributed by atoms with van der Waals surface area (Å²) < 4.78 is 12.3. The van der Waals surface area contributed by atoms with Crippen LogP contribution in [0, 0.1) is 5.39 Å². The minimum atomic E-state index is -0.111. The number of nitrogens with zero attached hydrogens (tertiary/aromatic N) is 3. The summed E-state index contributed by atoms with van der Waals surface area (Å²) in [7, 11) is 0. The van der Waals surface area contributed by atoms with E-state index in [1.165, 1.54) is 12.1 Å². The third-order valence-corrected chi connectivity index (χ3v) is 1.05. The van der Waals surface area contributed by atoms with Crippen molar-refractivity contribution in [3.8, 4) is 0 Å². The number of para-hydroxylation sites is 1. The Morgan fingerprint density at radius 1 is 1.27 bits per heavy atom. The maximum absolute atomic E-state index is 12.3. The number of halogens is 2. The second kappa shape index (κ2) is 4.17. The maximum Gasteiger partial charge on any atom is 0.344 e. The lowest BCUT2D eigenvalue weighted by atomic mass is 10.3. The minimum absolute atomic E-state index is 0. The van der Waals surface area contributed by atoms with Crippen molar-refractivity contribution in [2.45, 2.75) is 0 Å². The smallest absolute Gasteiger partial charge is 0.344 e. The molecule has 0 amide bonds. The van der Waals surface area contributed by atoms with E-state index in [2.05, 4.69) is 5.08 Å². The molecule has 0 spiro atoms. The summed E-state index contributed by atoms with van der Waals surface area (Å²) in [6.45, 7) is 0. The molecule has 0 unspecified atom stereocenters. The molecule has 0 saturated carbocycles. The zero-order valence-corrected chi connectivity index (χ0v) is 5.48. The standard InChI is InChI=1S/C6H5FN3.FH/c7-10(9-8)6-4-2-1-3-5-6;/h1-5H;1H/q+1;/p-1. The number of benzene rings is 1. The van der Waals surface area contributed by atoms with Crippen LogP contribution in [0.4, 0.5) is 10.2 Å². The van der Waals surface area contributed by atoms with E-state index in [-0.39, 0.29) is 15.6 Å². The van der Waals surface area contributed by atoms with E-state index in [1.807, 2.05) is 0 Å². The van der Waals surface area contributed by atoms with E-state index in [1.54, 1.807) is 18.2 Å². The molecule has 11 heavy (non-hydrogen) atoms. The average Bonchev–Trinajstić information content (AvgIpc) is 2.05. The van der Waals surface area contributed by atoms with Crippen LogP contribution in [0.3, 0.4) is 0 Å². The Morgan fingerprint density at radius 2 is 1.82 bits per heavy atom. The van der Waals surface area contributed by atoms with Gasteiger partial charge in [-0.3, -0.25) is 0 Å². The van der Waals surface area contributed by atoms with Gasteiger partial charge in [0.25, 0.3) is 5.39 Å². The first-order valence-electron chi connectivity index (χ1n) is 2.70. The highest BCUT2D eigenvalue weighted by atomic mass is 19.2. The Bertz CT molecular complexity index is 244. The number of hydrogen-bond acceptors (Lipinski definition) is 2. The summed E-state index contributed by atoms with van der Waals surface area (Å²) in [4.78, 5) is 0. The topological polar surface area (TPSA) is 31.4 Å². The van der Waals surface area contributed by atoms with Gasteiger partial charge in [0.05, 0.1) is 0 Å². The first-order valence-corrected chi connectivity index (χ1v) is 2.70. The van der Waals surface area contributed by atoms with Gasteiger partial charge in [-0.05, 0) is 16.6 Å². The Hall–Kier alpha value is -1.70. The SMILES string of the molecule is N#[N+]N(F)c1ccccc1.[F-]. The van der Waals surface area contributed by atoms with Gasteiger partial charge in [0, 0.05) is 0 Å². The fraction of sp³-hybridized carbons (Fsp3) is 0. The summed E-state index contributed by atoms with van der Waals surface area (Å²) in [5.74, 6) is 0. The van der Waals surface area contributed by atoms with E-state index in [0.29, 0.717) is 0 Å². The van der Waals surface area contributed by atoms with Crippen LogP contribution in [-0.2, 0) is 0 Å². The molecule has 1 rings (SSSR count). The van der Waals surface area contributed by atoms with Gasteiger partial charge in [-0.2, -0.15) is 0 Å². The average molecular weight is 157 g/mol. The molecule has 0 saturated heterocycles. The van der Waals surface area contributed by atoms with Crippen LogP contribution < -0.4 is 9.94 Å². The molecular weight excluding hydrogens is 152 g/mol. The second-order valence-corrected chi connectivity index (χ2v) is 1.69. The summed E-state index contributed by atoms with van der Waals surface area (Å²) in [5, 5.41) is 10.2. The molecule has 0 aliphatic carbocycles. The molecule has 0 heterocycles. The Morgan fingerprint density at radius 3 is 2.27 bits per heavy atom. The molecule has 0 fully saturated rings. The van der Waals surface area contributed by atoms with Gasteiger partial charge in [-0.1, -0.05) is 18.2 Å². The molecule has 58 valence electrons. The van der Waals surface area contributed by atoms with Crippen molar-refractivity contribution in [1.82, 2.24) is 0 Å². The molecule has 3 nitrogen and oxygen atoms in total. The van der Waals surface area contributed by atoms with E-state index in [4.69, 9.17) is 5.39 Å². The molecule has 0 aromatic heterocycles. The van der Waals surface area contributed by atoms with E-state index < -0.39 is 0 Å². The van der Waals surface area contributed by atoms with Crippen molar-refractivity contribution < 1.29 is 9.19 Å². The van der Waals surface area contributed by atoms with E-state index in [0.717, 1.165) is 0 Å². The second-order valence-electron chi connectivity index (χ2n) is 1.69. The zero-order chi connectivity index (χ0) is 7.40. The summed E-state index contributed by atoms with van der Waals surface area (Å²) in [6, 6.07) is 8.01. The summed E-state index contributed by atoms with van der Waals surface area (Å²) in [6.07, 6.45) is 0. The van der Waals surface area contributed by atoms with Crippen LogP contribution in [0.2, 0.25) is 0 Å². The van der Waals surface area contributed by atoms with Gasteiger partial charge < -0.3 is 4.70 Å². The maximum atomic E-state index is 12.3. The van der Waals surface area contributed by atoms with Gasteiger partial charge in [-0.15, -0.1) is 0 Å². The minimum Gasteiger partial charge on any atom is -1.00 e. The predicted octanol–water partition coefficient (Wildman–Crippen LogP) is -0.850. The number of hydrogen-bond donors (Lipinski definition) is 0. The molecule has 0 atom stereocenters. The van der Waals surface area contributed by atoms with Crippen molar-refractivity contribution in [1.29, 1.82) is 5.39 Å². The van der Waals surface area contributed by atoms with Gasteiger partial charge in [0.1, 0.15) is 0 Å². The lowest BCUT2D eigenvalue weighted by Crippen LogP contribution is -3.00. The number of rotatable bonds is 1. The lowest BCUT2D eigenvalue weighted by Gasteiger charge is -1.88. The number of anilines is 1. The molecule has 0 bridgehead atoms. The molecule has 1 aromatic carbocycles. The third kappa shape index (κ3) is 2.18. The first-order chi connectivity index (χ1) is 4.84. The highest BCUT2D eigenvalue weighted by Gasteiger charge is 2.12. The highest BCUT2D eigenvalue weighted by molar-refractivity contribution is 5.43. The zero-order valence-electron chi connectivity index (χ0n) is 5.48. The van der Waals surface area contributed by atoms with Gasteiger partial charge in [-0.25, -0.2) is 0 Å². The van der Waals surface area contributed by atoms with Gasteiger partial charge in [0.2, 0.25) is 0 Å². The van der Waals surface area contributed by atoms with Crippen LogP contribution >= 0.6 is 0 Å². The summed E-state index contributed by atoms with van der Waals surface area (Å²) in [5.41, 5.74) is 0.199. The normalized spacial score (nSPS) is 7.64. The largest absolute Gasteiger partial charge is 1.00 e. The van der Waals surface area contributed by atoms with E-state index >= 15 is 0 Å². The molecule has 0 aliphatic rings. The fourth-order valence-corrected chi connectivity index (χ4v) is 0.603. The lowest BCUT2D eigenvalue weighted by molar-refractivity contribution is -0.00000285. The summed E-state index contributed by atoms with van der Waals surface area (Å²) >= 11 is 0. The molecule has 1 aromatic rings. The van der Waals surface area contributed by atoms with E-state index in [9.17, 15) is 4.48 Å². The van der Waals surface area contributed by atoms with Gasteiger partial charge in [0.15, 0.2) is 10.9 Å². The molecular formula is C6H5F2N3. The molecule has 5 heteroatoms. The molecule has 0 N–H and O–H groups in total. The molecule has 0 aliphatic heterocycles. The van der Waals surface area contributed by atoms with Crippen LogP contribution in [-0.4, -0.2) is 0 Å². The van der Waals surface area contributed by atoms with Gasteiger partial charge >= 0.3 is 5.08 Å². The highest BCUT2D eigenvalue weighted by Crippen LogP contribution is 2.12. The fourth-order valence-electron chi connectivity index (χ4n) is 0.603. The first kappa shape index (κ1) is 9.30. The monoisotopic (exact) mass is 157 g/mol. The van der Waals surface area contributed by atoms with Crippen LogP contribution in [0.15, 0.2) is 30.3 Å². The van der Waals surface area contributed by atoms with Crippen LogP contribution in [0.25, 0.3) is 5.08 Å². The predicted molar refractivity (Wildman–Crippen MR) is 35.1 cm³/mol. The van der Waals surface area contributed by atoms with Crippen molar-refractivity contribution >= 4 is 5.69 Å². The Labute approximate surface area is 62.0 Å². The molecule has 0 radical (unpaired) electrons. The quantitative estimate of drug-likeness (QED) is 0.302. The Balaban J connectivity index is 0.000001000. The van der Waals surface area contributed by atoms with Crippen molar-refractivity contribution in [3.63, 3.8) is 0 Å². The van der Waals surface area contributed by atoms with Crippen molar-refractivity contribution in [2.75, 3.05) is 5.23 Å². The van der Waals surface area contributed by atoms with Crippen molar-refractivity contribution in [3.05, 3.63) is 35.4 Å². The van der Waals surface area contributed by atoms with Crippen LogP contribution in [0.1, 0.15) is 0 Å². The number of diazo groups is 1.